The van der Waals surface area contributed by atoms with Gasteiger partial charge in [0.05, 0.1) is 0 Å². The van der Waals surface area contributed by atoms with Crippen molar-refractivity contribution in [1.82, 2.24) is 0 Å². The van der Waals surface area contributed by atoms with E-state index in [0.29, 0.717) is 0 Å². The van der Waals surface area contributed by atoms with Gasteiger partial charge >= 0.3 is 0 Å². The zero-order chi connectivity index (χ0) is 19.9. The highest BCUT2D eigenvalue weighted by Gasteiger charge is 2.23. The van der Waals surface area contributed by atoms with E-state index in [1.54, 1.807) is 9.80 Å². The summed E-state index contributed by atoms with van der Waals surface area (Å²) < 4.78 is 5.99. The van der Waals surface area contributed by atoms with Crippen molar-refractivity contribution in [2.75, 3.05) is 26.2 Å². The number of para-hydroxylation sites is 1. The van der Waals surface area contributed by atoms with E-state index in [4.69, 9.17) is 4.74 Å². The van der Waals surface area contributed by atoms with Gasteiger partial charge in [-0.05, 0) is 36.2 Å². The lowest BCUT2D eigenvalue weighted by atomic mass is 10.1. The average Bonchev–Trinajstić information content (AvgIpc) is 2.77. The number of nitrogens with one attached hydrogen (secondary N) is 2. The van der Waals surface area contributed by atoms with Crippen LogP contribution in [0.15, 0.2) is 78.9 Å². The first-order valence-electron chi connectivity index (χ1n) is 10.9. The van der Waals surface area contributed by atoms with Crippen LogP contribution in [0.3, 0.4) is 0 Å². The van der Waals surface area contributed by atoms with Crippen molar-refractivity contribution in [3.05, 3.63) is 95.6 Å². The molecule has 3 aromatic rings. The Labute approximate surface area is 174 Å². The van der Waals surface area contributed by atoms with Crippen LogP contribution < -0.4 is 14.5 Å². The fraction of sp³-hybridized carbons (Fsp3) is 0.308. The van der Waals surface area contributed by atoms with Crippen LogP contribution in [0.25, 0.3) is 0 Å². The average molecular weight is 389 g/mol. The van der Waals surface area contributed by atoms with Gasteiger partial charge in [-0.2, -0.15) is 0 Å². The van der Waals surface area contributed by atoms with Gasteiger partial charge in [0.25, 0.3) is 0 Å². The molecule has 4 rings (SSSR count). The number of quaternary nitrogens is 2. The minimum absolute atomic E-state index is 0.890. The van der Waals surface area contributed by atoms with Gasteiger partial charge in [0.1, 0.15) is 50.8 Å². The SMILES string of the molecule is CCc1ccc(C[NH+]2CC[NH+](Cc3cccc(Oc4ccccc4)c3)CC2)cc1. The predicted molar refractivity (Wildman–Crippen MR) is 118 cm³/mol. The fourth-order valence-electron chi connectivity index (χ4n) is 4.12. The standard InChI is InChI=1S/C26H30N2O/c1-2-22-11-13-23(14-12-22)20-27-15-17-28(18-16-27)21-24-7-6-10-26(19-24)29-25-8-4-3-5-9-25/h3-14,19H,2,15-18,20-21H2,1H3/p+2. The van der Waals surface area contributed by atoms with E-state index in [1.165, 1.54) is 42.9 Å². The molecule has 1 aliphatic heterocycles. The van der Waals surface area contributed by atoms with Crippen LogP contribution >= 0.6 is 0 Å². The van der Waals surface area contributed by atoms with Crippen molar-refractivity contribution in [2.45, 2.75) is 26.4 Å². The molecule has 1 heterocycles. The summed E-state index contributed by atoms with van der Waals surface area (Å²) in [6.45, 7) is 9.38. The maximum atomic E-state index is 5.99. The smallest absolute Gasteiger partial charge is 0.127 e. The van der Waals surface area contributed by atoms with E-state index in [9.17, 15) is 0 Å². The Morgan fingerprint density at radius 2 is 1.21 bits per heavy atom. The third kappa shape index (κ3) is 5.69. The van der Waals surface area contributed by atoms with Crippen LogP contribution in [0.4, 0.5) is 0 Å². The minimum atomic E-state index is 0.890. The van der Waals surface area contributed by atoms with Crippen LogP contribution in [0, 0.1) is 0 Å². The molecular weight excluding hydrogens is 356 g/mol. The topological polar surface area (TPSA) is 18.1 Å². The van der Waals surface area contributed by atoms with Crippen LogP contribution in [0.1, 0.15) is 23.6 Å². The van der Waals surface area contributed by atoms with Gasteiger partial charge in [-0.3, -0.25) is 0 Å². The second-order valence-electron chi connectivity index (χ2n) is 8.09. The molecule has 0 bridgehead atoms. The summed E-state index contributed by atoms with van der Waals surface area (Å²) >= 11 is 0. The van der Waals surface area contributed by atoms with Crippen LogP contribution in [-0.4, -0.2) is 26.2 Å². The van der Waals surface area contributed by atoms with Gasteiger partial charge in [-0.25, -0.2) is 0 Å². The highest BCUT2D eigenvalue weighted by atomic mass is 16.5. The number of aryl methyl sites for hydroxylation is 1. The molecule has 2 N–H and O–H groups in total. The Balaban J connectivity index is 1.27. The molecule has 3 heteroatoms. The van der Waals surface area contributed by atoms with Crippen molar-refractivity contribution in [3.8, 4) is 11.5 Å². The summed E-state index contributed by atoms with van der Waals surface area (Å²) in [5.74, 6) is 1.81. The lowest BCUT2D eigenvalue weighted by Gasteiger charge is -2.30. The molecule has 0 atom stereocenters. The molecule has 0 spiro atoms. The Morgan fingerprint density at radius 3 is 1.86 bits per heavy atom. The normalized spacial score (nSPS) is 19.1. The first kappa shape index (κ1) is 19.7. The lowest BCUT2D eigenvalue weighted by Crippen LogP contribution is -3.27. The second-order valence-corrected chi connectivity index (χ2v) is 8.09. The van der Waals surface area contributed by atoms with Gasteiger partial charge < -0.3 is 14.5 Å². The number of piperazine rings is 1. The molecule has 0 unspecified atom stereocenters. The number of hydrogen-bond acceptors (Lipinski definition) is 1. The molecule has 1 fully saturated rings. The number of rotatable bonds is 7. The summed E-state index contributed by atoms with van der Waals surface area (Å²) in [6, 6.07) is 27.7. The Bertz CT molecular complexity index is 884. The maximum absolute atomic E-state index is 5.99. The van der Waals surface area contributed by atoms with Gasteiger partial charge in [0.2, 0.25) is 0 Å². The first-order chi connectivity index (χ1) is 14.3. The van der Waals surface area contributed by atoms with Crippen LogP contribution in [0.5, 0.6) is 11.5 Å². The van der Waals surface area contributed by atoms with Crippen LogP contribution in [0.2, 0.25) is 0 Å². The van der Waals surface area contributed by atoms with Gasteiger partial charge in [-0.1, -0.05) is 61.5 Å². The quantitative estimate of drug-likeness (QED) is 0.637. The van der Waals surface area contributed by atoms with Crippen LogP contribution in [-0.2, 0) is 19.5 Å². The molecule has 1 aliphatic rings. The summed E-state index contributed by atoms with van der Waals surface area (Å²) in [7, 11) is 0. The molecule has 0 amide bonds. The maximum Gasteiger partial charge on any atom is 0.127 e. The Morgan fingerprint density at radius 1 is 0.621 bits per heavy atom. The summed E-state index contributed by atoms with van der Waals surface area (Å²) in [5.41, 5.74) is 4.25. The zero-order valence-corrected chi connectivity index (χ0v) is 17.4. The van der Waals surface area contributed by atoms with Gasteiger partial charge in [0.15, 0.2) is 0 Å². The van der Waals surface area contributed by atoms with E-state index in [2.05, 4.69) is 49.4 Å². The highest BCUT2D eigenvalue weighted by molar-refractivity contribution is 5.33. The molecule has 0 radical (unpaired) electrons. The minimum Gasteiger partial charge on any atom is -0.457 e. The highest BCUT2D eigenvalue weighted by Crippen LogP contribution is 2.21. The summed E-state index contributed by atoms with van der Waals surface area (Å²) in [4.78, 5) is 3.38. The molecular formula is C26H32N2O+2. The van der Waals surface area contributed by atoms with E-state index < -0.39 is 0 Å². The monoisotopic (exact) mass is 388 g/mol. The van der Waals surface area contributed by atoms with E-state index in [-0.39, 0.29) is 0 Å². The third-order valence-electron chi connectivity index (χ3n) is 5.88. The number of hydrogen-bond donors (Lipinski definition) is 2. The van der Waals surface area contributed by atoms with E-state index in [0.717, 1.165) is 31.0 Å². The Kier molecular flexibility index (Phi) is 6.60. The van der Waals surface area contributed by atoms with Crippen molar-refractivity contribution < 1.29 is 14.5 Å². The zero-order valence-electron chi connectivity index (χ0n) is 17.4. The molecule has 0 aromatic heterocycles. The summed E-state index contributed by atoms with van der Waals surface area (Å²) in [6.07, 6.45) is 1.12. The number of ether oxygens (including phenoxy) is 1. The van der Waals surface area contributed by atoms with Gasteiger partial charge in [0, 0.05) is 11.1 Å². The largest absolute Gasteiger partial charge is 0.457 e. The predicted octanol–water partition coefficient (Wildman–Crippen LogP) is 2.52. The van der Waals surface area contributed by atoms with Crippen molar-refractivity contribution in [3.63, 3.8) is 0 Å². The summed E-state index contributed by atoms with van der Waals surface area (Å²) in [5, 5.41) is 0. The lowest BCUT2D eigenvalue weighted by molar-refractivity contribution is -1.02. The Hall–Kier alpha value is -2.62. The van der Waals surface area contributed by atoms with E-state index >= 15 is 0 Å². The fourth-order valence-corrected chi connectivity index (χ4v) is 4.12. The second kappa shape index (κ2) is 9.73. The molecule has 0 saturated carbocycles. The van der Waals surface area contributed by atoms with Crippen molar-refractivity contribution in [2.24, 2.45) is 0 Å². The number of benzene rings is 3. The molecule has 29 heavy (non-hydrogen) atoms. The van der Waals surface area contributed by atoms with E-state index in [1.807, 2.05) is 36.4 Å². The molecule has 150 valence electrons. The van der Waals surface area contributed by atoms with Crippen molar-refractivity contribution in [1.29, 1.82) is 0 Å². The molecule has 3 nitrogen and oxygen atoms in total. The first-order valence-corrected chi connectivity index (χ1v) is 10.9. The third-order valence-corrected chi connectivity index (χ3v) is 5.88. The van der Waals surface area contributed by atoms with Gasteiger partial charge in [-0.15, -0.1) is 0 Å². The van der Waals surface area contributed by atoms with Crippen molar-refractivity contribution >= 4 is 0 Å². The molecule has 0 aliphatic carbocycles. The molecule has 3 aromatic carbocycles. The molecule has 1 saturated heterocycles.